The van der Waals surface area contributed by atoms with Crippen LogP contribution in [-0.2, 0) is 0 Å². The Morgan fingerprint density at radius 3 is 1.89 bits per heavy atom. The van der Waals surface area contributed by atoms with Crippen molar-refractivity contribution in [1.82, 2.24) is 9.55 Å². The summed E-state index contributed by atoms with van der Waals surface area (Å²) >= 11 is 0. The zero-order valence-corrected chi connectivity index (χ0v) is 29.8. The zero-order chi connectivity index (χ0) is 36.3. The average molecular weight is 704 g/mol. The quantitative estimate of drug-likeness (QED) is 0.173. The van der Waals surface area contributed by atoms with Crippen molar-refractivity contribution >= 4 is 71.5 Å². The van der Waals surface area contributed by atoms with Crippen molar-refractivity contribution in [3.63, 3.8) is 0 Å². The molecule has 11 rings (SSSR count). The van der Waals surface area contributed by atoms with Crippen molar-refractivity contribution in [1.29, 1.82) is 0 Å². The molecule has 55 heavy (non-hydrogen) atoms. The van der Waals surface area contributed by atoms with Gasteiger partial charge in [-0.3, -0.25) is 0 Å². The zero-order valence-electron chi connectivity index (χ0n) is 29.8. The molecule has 0 unspecified atom stereocenters. The molecule has 2 heterocycles. The number of benzene rings is 9. The lowest BCUT2D eigenvalue weighted by atomic mass is 9.98. The van der Waals surface area contributed by atoms with Gasteiger partial charge in [0.15, 0.2) is 5.58 Å². The number of nitrogens with zero attached hydrogens (tertiary/aromatic N) is 3. The Hall–Kier alpha value is -7.43. The van der Waals surface area contributed by atoms with Crippen LogP contribution in [0, 0.1) is 0 Å². The fourth-order valence-corrected chi connectivity index (χ4v) is 8.27. The smallest absolute Gasteiger partial charge is 0.227 e. The van der Waals surface area contributed by atoms with Crippen LogP contribution in [0.5, 0.6) is 0 Å². The number of hydrogen-bond acceptors (Lipinski definition) is 3. The van der Waals surface area contributed by atoms with Crippen LogP contribution in [0.3, 0.4) is 0 Å². The highest BCUT2D eigenvalue weighted by Crippen LogP contribution is 2.45. The highest BCUT2D eigenvalue weighted by Gasteiger charge is 2.22. The van der Waals surface area contributed by atoms with E-state index in [4.69, 9.17) is 9.40 Å². The normalized spacial score (nSPS) is 11.6. The summed E-state index contributed by atoms with van der Waals surface area (Å²) in [6.45, 7) is 0. The average Bonchev–Trinajstić information content (AvgIpc) is 3.84. The second-order valence-corrected chi connectivity index (χ2v) is 14.0. The van der Waals surface area contributed by atoms with E-state index in [1.807, 2.05) is 30.3 Å². The van der Waals surface area contributed by atoms with Gasteiger partial charge < -0.3 is 13.9 Å². The number of anilines is 3. The molecule has 4 heteroatoms. The minimum absolute atomic E-state index is 0.609. The van der Waals surface area contributed by atoms with Crippen LogP contribution in [0.15, 0.2) is 205 Å². The van der Waals surface area contributed by atoms with Crippen LogP contribution in [0.25, 0.3) is 82.7 Å². The minimum Gasteiger partial charge on any atom is -0.436 e. The molecule has 0 fully saturated rings. The molecular formula is C51H33N3O. The molecule has 0 radical (unpaired) electrons. The molecule has 0 atom stereocenters. The Bertz CT molecular complexity index is 3190. The third kappa shape index (κ3) is 5.11. The van der Waals surface area contributed by atoms with Gasteiger partial charge in [0.1, 0.15) is 5.52 Å². The highest BCUT2D eigenvalue weighted by atomic mass is 16.3. The number of hydrogen-bond donors (Lipinski definition) is 0. The van der Waals surface area contributed by atoms with Gasteiger partial charge in [-0.15, -0.1) is 0 Å². The van der Waals surface area contributed by atoms with Crippen molar-refractivity contribution in [2.45, 2.75) is 0 Å². The Morgan fingerprint density at radius 2 is 1.07 bits per heavy atom. The van der Waals surface area contributed by atoms with Gasteiger partial charge in [0, 0.05) is 50.2 Å². The summed E-state index contributed by atoms with van der Waals surface area (Å²) in [5.41, 5.74) is 11.5. The number of para-hydroxylation sites is 2. The largest absolute Gasteiger partial charge is 0.436 e. The van der Waals surface area contributed by atoms with Gasteiger partial charge >= 0.3 is 0 Å². The Balaban J connectivity index is 1.17. The first-order valence-corrected chi connectivity index (χ1v) is 18.6. The van der Waals surface area contributed by atoms with Gasteiger partial charge in [0.05, 0.1) is 16.7 Å². The van der Waals surface area contributed by atoms with Gasteiger partial charge in [0.25, 0.3) is 0 Å². The Labute approximate surface area is 317 Å². The first-order chi connectivity index (χ1) is 27.3. The van der Waals surface area contributed by atoms with Crippen molar-refractivity contribution in [3.8, 4) is 28.3 Å². The van der Waals surface area contributed by atoms with E-state index in [0.717, 1.165) is 55.7 Å². The van der Waals surface area contributed by atoms with E-state index >= 15 is 0 Å². The van der Waals surface area contributed by atoms with E-state index in [1.54, 1.807) is 0 Å². The molecule has 0 aliphatic carbocycles. The van der Waals surface area contributed by atoms with Crippen LogP contribution < -0.4 is 4.90 Å². The molecule has 0 aliphatic rings. The van der Waals surface area contributed by atoms with E-state index < -0.39 is 0 Å². The fourth-order valence-electron chi connectivity index (χ4n) is 8.27. The van der Waals surface area contributed by atoms with E-state index in [9.17, 15) is 0 Å². The van der Waals surface area contributed by atoms with Crippen molar-refractivity contribution in [2.24, 2.45) is 0 Å². The van der Waals surface area contributed by atoms with Gasteiger partial charge in [-0.1, -0.05) is 140 Å². The number of rotatable bonds is 6. The number of fused-ring (bicyclic) bond motifs is 7. The molecule has 0 spiro atoms. The summed E-state index contributed by atoms with van der Waals surface area (Å²) in [4.78, 5) is 7.42. The van der Waals surface area contributed by atoms with Crippen LogP contribution in [-0.4, -0.2) is 9.55 Å². The molecule has 0 bridgehead atoms. The molecular weight excluding hydrogens is 671 g/mol. The lowest BCUT2D eigenvalue weighted by molar-refractivity contribution is 0.620. The SMILES string of the molecule is c1ccc(-c2nc3c(cc(N(c4ccc(-c5cccc6ccccc56)cc4)c4ccc5c6ccccc6n(-c6ccccc6)c5c4)c4ccccc43)o2)cc1. The fraction of sp³-hybridized carbons (Fsp3) is 0. The summed E-state index contributed by atoms with van der Waals surface area (Å²) in [7, 11) is 0. The third-order valence-electron chi connectivity index (χ3n) is 10.8. The molecule has 11 aromatic rings. The van der Waals surface area contributed by atoms with Crippen LogP contribution in [0.1, 0.15) is 0 Å². The lowest BCUT2D eigenvalue weighted by Gasteiger charge is -2.27. The lowest BCUT2D eigenvalue weighted by Crippen LogP contribution is -2.11. The Kier molecular flexibility index (Phi) is 7.14. The minimum atomic E-state index is 0.609. The van der Waals surface area contributed by atoms with Crippen LogP contribution in [0.4, 0.5) is 17.1 Å². The van der Waals surface area contributed by atoms with Gasteiger partial charge in [-0.05, 0) is 76.5 Å². The third-order valence-corrected chi connectivity index (χ3v) is 10.8. The maximum absolute atomic E-state index is 6.59. The predicted molar refractivity (Wildman–Crippen MR) is 229 cm³/mol. The Morgan fingerprint density at radius 1 is 0.436 bits per heavy atom. The summed E-state index contributed by atoms with van der Waals surface area (Å²) in [5, 5.41) is 7.03. The molecule has 2 aromatic heterocycles. The number of oxazole rings is 1. The topological polar surface area (TPSA) is 34.2 Å². The van der Waals surface area contributed by atoms with Crippen molar-refractivity contribution < 1.29 is 4.42 Å². The maximum atomic E-state index is 6.59. The van der Waals surface area contributed by atoms with Crippen molar-refractivity contribution in [3.05, 3.63) is 200 Å². The van der Waals surface area contributed by atoms with Crippen LogP contribution in [0.2, 0.25) is 0 Å². The molecule has 9 aromatic carbocycles. The van der Waals surface area contributed by atoms with E-state index in [-0.39, 0.29) is 0 Å². The number of aromatic nitrogens is 2. The molecule has 0 aliphatic heterocycles. The summed E-state index contributed by atoms with van der Waals surface area (Å²) in [6.07, 6.45) is 0. The van der Waals surface area contributed by atoms with E-state index in [2.05, 4.69) is 179 Å². The highest BCUT2D eigenvalue weighted by molar-refractivity contribution is 6.14. The summed E-state index contributed by atoms with van der Waals surface area (Å²) in [6, 6.07) is 71.0. The predicted octanol–water partition coefficient (Wildman–Crippen LogP) is 14.0. The standard InChI is InChI=1S/C51H33N3O/c1-3-15-36(16-4-1)51-52-50-45-23-10-9-22-43(45)48(33-49(50)55-51)53(38-28-26-35(27-29-38)41-24-13-17-34-14-7-8-20-40(34)41)39-30-31-44-42-21-11-12-25-46(42)54(47(44)32-39)37-18-5-2-6-19-37/h1-33H. The molecule has 0 N–H and O–H groups in total. The van der Waals surface area contributed by atoms with E-state index in [0.29, 0.717) is 5.89 Å². The monoisotopic (exact) mass is 703 g/mol. The second kappa shape index (κ2) is 12.6. The van der Waals surface area contributed by atoms with Gasteiger partial charge in [-0.25, -0.2) is 4.98 Å². The molecule has 0 saturated heterocycles. The molecule has 4 nitrogen and oxygen atoms in total. The molecule has 0 amide bonds. The summed E-state index contributed by atoms with van der Waals surface area (Å²) < 4.78 is 8.96. The summed E-state index contributed by atoms with van der Waals surface area (Å²) in [5.74, 6) is 0.609. The van der Waals surface area contributed by atoms with Crippen LogP contribution >= 0.6 is 0 Å². The van der Waals surface area contributed by atoms with Crippen molar-refractivity contribution in [2.75, 3.05) is 4.90 Å². The molecule has 258 valence electrons. The van der Waals surface area contributed by atoms with Gasteiger partial charge in [-0.2, -0.15) is 0 Å². The first kappa shape index (κ1) is 31.1. The second-order valence-electron chi connectivity index (χ2n) is 14.0. The first-order valence-electron chi connectivity index (χ1n) is 18.6. The van der Waals surface area contributed by atoms with E-state index in [1.165, 1.54) is 38.2 Å². The van der Waals surface area contributed by atoms with Gasteiger partial charge in [0.2, 0.25) is 5.89 Å². The molecule has 0 saturated carbocycles. The maximum Gasteiger partial charge on any atom is 0.227 e.